The van der Waals surface area contributed by atoms with Crippen molar-refractivity contribution >= 4 is 5.91 Å². The molecule has 0 aliphatic carbocycles. The molecule has 0 spiro atoms. The number of rotatable bonds is 3. The number of carbonyl (C=O) groups is 1. The molecule has 1 amide bonds. The van der Waals surface area contributed by atoms with E-state index in [2.05, 4.69) is 10.9 Å². The van der Waals surface area contributed by atoms with Gasteiger partial charge in [-0.3, -0.25) is 10.2 Å². The fourth-order valence-corrected chi connectivity index (χ4v) is 0.320. The Labute approximate surface area is 55.8 Å². The Balaban J connectivity index is 3.28. The van der Waals surface area contributed by atoms with Gasteiger partial charge in [-0.1, -0.05) is 20.8 Å². The summed E-state index contributed by atoms with van der Waals surface area (Å²) in [6.45, 7) is 6.40. The summed E-state index contributed by atoms with van der Waals surface area (Å²) in [5.74, 6) is 0.0981. The van der Waals surface area contributed by atoms with Gasteiger partial charge in [0.15, 0.2) is 0 Å². The zero-order valence-corrected chi connectivity index (χ0v) is 6.19. The summed E-state index contributed by atoms with van der Waals surface area (Å²) in [5.41, 5.74) is 5.27. The molecule has 0 aliphatic heterocycles. The summed E-state index contributed by atoms with van der Waals surface area (Å²) in [4.78, 5) is 10.7. The summed E-state index contributed by atoms with van der Waals surface area (Å²) >= 11 is 0. The maximum Gasteiger partial charge on any atom is 0.236 e. The first-order valence-electron chi connectivity index (χ1n) is 3.21. The minimum absolute atomic E-state index is 0.0388. The van der Waals surface area contributed by atoms with E-state index in [1.165, 1.54) is 0 Å². The molecule has 9 heavy (non-hydrogen) atoms. The molecule has 0 atom stereocenters. The lowest BCUT2D eigenvalue weighted by Crippen LogP contribution is -2.39. The third-order valence-corrected chi connectivity index (χ3v) is 0.913. The van der Waals surface area contributed by atoms with Crippen molar-refractivity contribution < 1.29 is 4.79 Å². The van der Waals surface area contributed by atoms with Crippen LogP contribution in [0, 0.1) is 5.92 Å². The molecule has 0 aromatic carbocycles. The van der Waals surface area contributed by atoms with Gasteiger partial charge < -0.3 is 0 Å². The molecule has 0 aromatic heterocycles. The smallest absolute Gasteiger partial charge is 0.236 e. The average molecular weight is 130 g/mol. The molecule has 54 valence electrons. The van der Waals surface area contributed by atoms with E-state index in [0.717, 1.165) is 6.54 Å². The summed E-state index contributed by atoms with van der Waals surface area (Å²) < 4.78 is 0. The van der Waals surface area contributed by atoms with Crippen LogP contribution in [0.2, 0.25) is 0 Å². The Morgan fingerprint density at radius 2 is 2.11 bits per heavy atom. The number of hydrogen-bond acceptors (Lipinski definition) is 2. The van der Waals surface area contributed by atoms with E-state index in [1.54, 1.807) is 0 Å². The Morgan fingerprint density at radius 3 is 2.44 bits per heavy atom. The number of hydrazine groups is 1. The van der Waals surface area contributed by atoms with Crippen LogP contribution < -0.4 is 10.9 Å². The van der Waals surface area contributed by atoms with Crippen molar-refractivity contribution in [2.75, 3.05) is 6.54 Å². The highest BCUT2D eigenvalue weighted by Crippen LogP contribution is 1.87. The van der Waals surface area contributed by atoms with Crippen LogP contribution in [-0.2, 0) is 4.79 Å². The van der Waals surface area contributed by atoms with Gasteiger partial charge in [-0.05, 0) is 0 Å². The zero-order valence-electron chi connectivity index (χ0n) is 6.19. The zero-order chi connectivity index (χ0) is 7.28. The quantitative estimate of drug-likeness (QED) is 0.539. The van der Waals surface area contributed by atoms with Gasteiger partial charge in [0.25, 0.3) is 0 Å². The molecular weight excluding hydrogens is 116 g/mol. The van der Waals surface area contributed by atoms with Crippen LogP contribution in [0.4, 0.5) is 0 Å². The number of hydrogen-bond donors (Lipinski definition) is 2. The molecule has 0 saturated heterocycles. The predicted molar refractivity (Wildman–Crippen MR) is 36.7 cm³/mol. The normalized spacial score (nSPS) is 9.78. The summed E-state index contributed by atoms with van der Waals surface area (Å²) in [5, 5.41) is 0. The monoisotopic (exact) mass is 130 g/mol. The van der Waals surface area contributed by atoms with Crippen molar-refractivity contribution in [3.63, 3.8) is 0 Å². The summed E-state index contributed by atoms with van der Waals surface area (Å²) in [6.07, 6.45) is 0. The Hall–Kier alpha value is -0.570. The highest BCUT2D eigenvalue weighted by Gasteiger charge is 2.03. The lowest BCUT2D eigenvalue weighted by atomic mass is 10.2. The van der Waals surface area contributed by atoms with E-state index < -0.39 is 0 Å². The third-order valence-electron chi connectivity index (χ3n) is 0.913. The topological polar surface area (TPSA) is 41.1 Å². The van der Waals surface area contributed by atoms with Crippen LogP contribution in [-0.4, -0.2) is 12.5 Å². The minimum atomic E-state index is 0.0388. The molecule has 3 nitrogen and oxygen atoms in total. The fourth-order valence-electron chi connectivity index (χ4n) is 0.320. The first-order chi connectivity index (χ1) is 4.18. The molecule has 0 aliphatic rings. The second-order valence-electron chi connectivity index (χ2n) is 2.17. The van der Waals surface area contributed by atoms with Crippen molar-refractivity contribution in [2.24, 2.45) is 5.92 Å². The van der Waals surface area contributed by atoms with Gasteiger partial charge in [0, 0.05) is 12.5 Å². The van der Waals surface area contributed by atoms with E-state index >= 15 is 0 Å². The lowest BCUT2D eigenvalue weighted by Gasteiger charge is -2.05. The van der Waals surface area contributed by atoms with Gasteiger partial charge in [-0.15, -0.1) is 0 Å². The molecule has 2 N–H and O–H groups in total. The molecule has 0 fully saturated rings. The Morgan fingerprint density at radius 1 is 1.56 bits per heavy atom. The molecule has 0 bridgehead atoms. The highest BCUT2D eigenvalue weighted by atomic mass is 16.2. The first kappa shape index (κ1) is 8.43. The van der Waals surface area contributed by atoms with Crippen LogP contribution in [0.3, 0.4) is 0 Å². The molecule has 0 saturated carbocycles. The van der Waals surface area contributed by atoms with Crippen molar-refractivity contribution in [2.45, 2.75) is 20.8 Å². The van der Waals surface area contributed by atoms with Gasteiger partial charge in [0.2, 0.25) is 5.91 Å². The number of amides is 1. The van der Waals surface area contributed by atoms with Crippen LogP contribution in [0.25, 0.3) is 0 Å². The highest BCUT2D eigenvalue weighted by molar-refractivity contribution is 5.77. The summed E-state index contributed by atoms with van der Waals surface area (Å²) in [6, 6.07) is 0. The molecule has 3 heteroatoms. The average Bonchev–Trinajstić information content (AvgIpc) is 1.82. The molecular formula is C6H14N2O. The van der Waals surface area contributed by atoms with Gasteiger partial charge in [0.1, 0.15) is 0 Å². The molecule has 0 unspecified atom stereocenters. The van der Waals surface area contributed by atoms with Crippen LogP contribution in [0.15, 0.2) is 0 Å². The van der Waals surface area contributed by atoms with Crippen molar-refractivity contribution in [1.82, 2.24) is 10.9 Å². The molecule has 0 radical (unpaired) electrons. The second-order valence-corrected chi connectivity index (χ2v) is 2.17. The first-order valence-corrected chi connectivity index (χ1v) is 3.21. The second kappa shape index (κ2) is 4.32. The predicted octanol–water partition coefficient (Wildman–Crippen LogP) is 0.283. The van der Waals surface area contributed by atoms with Gasteiger partial charge in [-0.25, -0.2) is 5.43 Å². The number of carbonyl (C=O) groups excluding carboxylic acids is 1. The van der Waals surface area contributed by atoms with Gasteiger partial charge >= 0.3 is 0 Å². The van der Waals surface area contributed by atoms with Gasteiger partial charge in [-0.2, -0.15) is 0 Å². The number of nitrogens with one attached hydrogen (secondary N) is 2. The van der Waals surface area contributed by atoms with Crippen LogP contribution >= 0.6 is 0 Å². The fraction of sp³-hybridized carbons (Fsp3) is 0.833. The summed E-state index contributed by atoms with van der Waals surface area (Å²) in [7, 11) is 0. The largest absolute Gasteiger partial charge is 0.291 e. The third kappa shape index (κ3) is 3.97. The molecule has 0 aromatic rings. The molecule has 0 heterocycles. The maximum absolute atomic E-state index is 10.7. The van der Waals surface area contributed by atoms with Gasteiger partial charge in [0.05, 0.1) is 0 Å². The Kier molecular flexibility index (Phi) is 4.05. The van der Waals surface area contributed by atoms with Crippen molar-refractivity contribution in [3.05, 3.63) is 0 Å². The van der Waals surface area contributed by atoms with E-state index in [-0.39, 0.29) is 11.8 Å². The van der Waals surface area contributed by atoms with Crippen molar-refractivity contribution in [1.29, 1.82) is 0 Å². The SMILES string of the molecule is CCNNC(=O)C(C)C. The Bertz CT molecular complexity index is 91.1. The van der Waals surface area contributed by atoms with E-state index in [4.69, 9.17) is 0 Å². The van der Waals surface area contributed by atoms with Crippen molar-refractivity contribution in [3.8, 4) is 0 Å². The van der Waals surface area contributed by atoms with E-state index in [9.17, 15) is 4.79 Å². The molecule has 0 rings (SSSR count). The minimum Gasteiger partial charge on any atom is -0.291 e. The van der Waals surface area contributed by atoms with Crippen LogP contribution in [0.1, 0.15) is 20.8 Å². The van der Waals surface area contributed by atoms with E-state index in [1.807, 2.05) is 20.8 Å². The standard InChI is InChI=1S/C6H14N2O/c1-4-7-8-6(9)5(2)3/h5,7H,4H2,1-3H3,(H,8,9). The van der Waals surface area contributed by atoms with E-state index in [0.29, 0.717) is 0 Å². The lowest BCUT2D eigenvalue weighted by molar-refractivity contribution is -0.124. The van der Waals surface area contributed by atoms with Crippen LogP contribution in [0.5, 0.6) is 0 Å². The maximum atomic E-state index is 10.7.